The van der Waals surface area contributed by atoms with Crippen LogP contribution < -0.4 is 34.0 Å². The van der Waals surface area contributed by atoms with Gasteiger partial charge in [0.2, 0.25) is 0 Å². The average Bonchev–Trinajstić information content (AvgIpc) is 1.61. The van der Waals surface area contributed by atoms with E-state index in [4.69, 9.17) is 28.7 Å². The number of nitrogens with one attached hydrogen (secondary N) is 1. The molecule has 0 heterocycles. The zero-order valence-corrected chi connectivity index (χ0v) is 6.09. The highest BCUT2D eigenvalue weighted by Gasteiger charge is 2.35. The fourth-order valence-electron chi connectivity index (χ4n) is 0.446. The maximum atomic E-state index is 5.40. The predicted octanol–water partition coefficient (Wildman–Crippen LogP) is -3.30. The summed E-state index contributed by atoms with van der Waals surface area (Å²) in [5.41, 5.74) is 26.5. The van der Waals surface area contributed by atoms with Crippen LogP contribution in [0.1, 0.15) is 6.92 Å². The molecule has 0 radical (unpaired) electrons. The summed E-state index contributed by atoms with van der Waals surface area (Å²) < 4.78 is 0. The molecule has 6 nitrogen and oxygen atoms in total. The van der Waals surface area contributed by atoms with E-state index in [1.54, 1.807) is 0 Å². The molecule has 0 fully saturated rings. The van der Waals surface area contributed by atoms with Crippen LogP contribution in [-0.4, -0.2) is 18.1 Å². The summed E-state index contributed by atoms with van der Waals surface area (Å²) in [4.78, 5) is 0. The molecular formula is C4H16N6. The van der Waals surface area contributed by atoms with Gasteiger partial charge in [-0.25, -0.2) is 0 Å². The number of likely N-dealkylation sites (N-methyl/N-ethyl adjacent to an activating group) is 1. The highest BCUT2D eigenvalue weighted by molar-refractivity contribution is 4.91. The lowest BCUT2D eigenvalue weighted by Crippen LogP contribution is -2.86. The smallest absolute Gasteiger partial charge is 0.165 e. The molecule has 11 N–H and O–H groups in total. The highest BCUT2D eigenvalue weighted by Crippen LogP contribution is 1.91. The van der Waals surface area contributed by atoms with Crippen molar-refractivity contribution in [1.29, 1.82) is 0 Å². The average molecular weight is 148 g/mol. The number of hydrogen-bond acceptors (Lipinski definition) is 6. The molecule has 10 heavy (non-hydrogen) atoms. The molecule has 62 valence electrons. The number of nitrogens with two attached hydrogens (primary N) is 5. The van der Waals surface area contributed by atoms with Gasteiger partial charge in [-0.15, -0.1) is 0 Å². The minimum absolute atomic E-state index is 0.556. The Morgan fingerprint density at radius 2 is 1.50 bits per heavy atom. The van der Waals surface area contributed by atoms with Crippen LogP contribution in [0.15, 0.2) is 0 Å². The van der Waals surface area contributed by atoms with Gasteiger partial charge in [-0.1, -0.05) is 6.92 Å². The number of hydrogen-bond donors (Lipinski definition) is 6. The molecule has 0 aromatic rings. The van der Waals surface area contributed by atoms with E-state index in [1.165, 1.54) is 0 Å². The van der Waals surface area contributed by atoms with Crippen molar-refractivity contribution in [3.63, 3.8) is 0 Å². The van der Waals surface area contributed by atoms with Crippen molar-refractivity contribution < 1.29 is 0 Å². The van der Waals surface area contributed by atoms with E-state index in [-0.39, 0.29) is 0 Å². The van der Waals surface area contributed by atoms with Crippen molar-refractivity contribution in [2.45, 2.75) is 18.5 Å². The van der Waals surface area contributed by atoms with Gasteiger partial charge >= 0.3 is 0 Å². The Morgan fingerprint density at radius 3 is 1.60 bits per heavy atom. The maximum Gasteiger partial charge on any atom is 0.165 e. The second kappa shape index (κ2) is 2.79. The van der Waals surface area contributed by atoms with Crippen LogP contribution in [0.2, 0.25) is 0 Å². The Morgan fingerprint density at radius 1 is 1.10 bits per heavy atom. The second-order valence-corrected chi connectivity index (χ2v) is 2.33. The molecular weight excluding hydrogens is 132 g/mol. The van der Waals surface area contributed by atoms with Gasteiger partial charge in [0.1, 0.15) is 0 Å². The van der Waals surface area contributed by atoms with Crippen LogP contribution in [0, 0.1) is 0 Å². The van der Waals surface area contributed by atoms with Crippen molar-refractivity contribution in [2.75, 3.05) is 6.54 Å². The van der Waals surface area contributed by atoms with Gasteiger partial charge < -0.3 is 0 Å². The standard InChI is InChI=1S/C4H16N6/c1-2-10-4(8,9)3(5,6)7/h10H,2,5-9H2,1H3. The van der Waals surface area contributed by atoms with Crippen LogP contribution in [0.25, 0.3) is 0 Å². The normalized spacial score (nSPS) is 13.8. The van der Waals surface area contributed by atoms with E-state index in [0.717, 1.165) is 0 Å². The van der Waals surface area contributed by atoms with Crippen LogP contribution in [-0.2, 0) is 0 Å². The molecule has 0 aliphatic rings. The molecule has 0 aromatic carbocycles. The zero-order chi connectivity index (χ0) is 8.41. The van der Waals surface area contributed by atoms with E-state index in [9.17, 15) is 0 Å². The van der Waals surface area contributed by atoms with E-state index in [2.05, 4.69) is 5.32 Å². The summed E-state index contributed by atoms with van der Waals surface area (Å²) in [6.45, 7) is 2.38. The molecule has 0 saturated heterocycles. The molecule has 0 rings (SSSR count). The van der Waals surface area contributed by atoms with Gasteiger partial charge in [0.05, 0.1) is 0 Å². The number of rotatable bonds is 3. The molecule has 0 spiro atoms. The third-order valence-electron chi connectivity index (χ3n) is 1.19. The Kier molecular flexibility index (Phi) is 2.72. The SMILES string of the molecule is CCNC(N)(N)C(N)(N)N. The van der Waals surface area contributed by atoms with Crippen molar-refractivity contribution in [1.82, 2.24) is 5.32 Å². The Balaban J connectivity index is 4.10. The van der Waals surface area contributed by atoms with Gasteiger partial charge in [0.15, 0.2) is 11.6 Å². The molecule has 0 saturated carbocycles. The Bertz CT molecular complexity index is 103. The van der Waals surface area contributed by atoms with Crippen molar-refractivity contribution in [2.24, 2.45) is 28.7 Å². The summed E-state index contributed by atoms with van der Waals surface area (Å²) in [5, 5.41) is 2.64. The minimum Gasteiger partial charge on any atom is -0.297 e. The molecule has 0 aromatic heterocycles. The van der Waals surface area contributed by atoms with E-state index in [0.29, 0.717) is 6.54 Å². The third kappa shape index (κ3) is 2.18. The summed E-state index contributed by atoms with van der Waals surface area (Å²) >= 11 is 0. The van der Waals surface area contributed by atoms with Gasteiger partial charge in [0, 0.05) is 0 Å². The van der Waals surface area contributed by atoms with Gasteiger partial charge in [-0.05, 0) is 6.54 Å². The van der Waals surface area contributed by atoms with Gasteiger partial charge in [0.25, 0.3) is 0 Å². The van der Waals surface area contributed by atoms with Crippen LogP contribution in [0.3, 0.4) is 0 Å². The molecule has 0 unspecified atom stereocenters. The van der Waals surface area contributed by atoms with E-state index < -0.39 is 11.6 Å². The van der Waals surface area contributed by atoms with Crippen LogP contribution in [0.5, 0.6) is 0 Å². The van der Waals surface area contributed by atoms with E-state index >= 15 is 0 Å². The summed E-state index contributed by atoms with van der Waals surface area (Å²) in [6, 6.07) is 0. The Hall–Kier alpha value is -0.240. The van der Waals surface area contributed by atoms with Gasteiger partial charge in [-0.3, -0.25) is 34.0 Å². The summed E-state index contributed by atoms with van der Waals surface area (Å²) in [6.07, 6.45) is 0. The molecule has 0 aliphatic carbocycles. The maximum absolute atomic E-state index is 5.40. The first-order valence-electron chi connectivity index (χ1n) is 3.00. The van der Waals surface area contributed by atoms with Crippen molar-refractivity contribution in [3.05, 3.63) is 0 Å². The Labute approximate surface area is 60.1 Å². The third-order valence-corrected chi connectivity index (χ3v) is 1.19. The lowest BCUT2D eigenvalue weighted by atomic mass is 10.2. The van der Waals surface area contributed by atoms with E-state index in [1.807, 2.05) is 6.92 Å². The van der Waals surface area contributed by atoms with Crippen LogP contribution in [0.4, 0.5) is 0 Å². The topological polar surface area (TPSA) is 142 Å². The molecule has 0 aliphatic heterocycles. The molecule has 6 heteroatoms. The zero-order valence-electron chi connectivity index (χ0n) is 6.09. The first-order valence-corrected chi connectivity index (χ1v) is 3.00. The molecule has 0 amide bonds. The van der Waals surface area contributed by atoms with Crippen LogP contribution >= 0.6 is 0 Å². The fraction of sp³-hybridized carbons (Fsp3) is 1.00. The fourth-order valence-corrected chi connectivity index (χ4v) is 0.446. The summed E-state index contributed by atoms with van der Waals surface area (Å²) in [5.74, 6) is -3.04. The quantitative estimate of drug-likeness (QED) is 0.231. The molecule has 0 atom stereocenters. The van der Waals surface area contributed by atoms with Gasteiger partial charge in [-0.2, -0.15) is 0 Å². The predicted molar refractivity (Wildman–Crippen MR) is 40.1 cm³/mol. The lowest BCUT2D eigenvalue weighted by molar-refractivity contribution is 0.191. The summed E-state index contributed by atoms with van der Waals surface area (Å²) in [7, 11) is 0. The minimum atomic E-state index is -1.61. The molecule has 0 bridgehead atoms. The van der Waals surface area contributed by atoms with Crippen molar-refractivity contribution >= 4 is 0 Å². The monoisotopic (exact) mass is 148 g/mol. The largest absolute Gasteiger partial charge is 0.297 e. The highest BCUT2D eigenvalue weighted by atomic mass is 15.4. The first-order chi connectivity index (χ1) is 4.31. The first kappa shape index (κ1) is 9.76. The lowest BCUT2D eigenvalue weighted by Gasteiger charge is -2.37. The second-order valence-electron chi connectivity index (χ2n) is 2.33. The van der Waals surface area contributed by atoms with Crippen molar-refractivity contribution in [3.8, 4) is 0 Å².